The number of carbonyl (C=O) groups is 1. The number of ether oxygens (including phenoxy) is 2. The summed E-state index contributed by atoms with van der Waals surface area (Å²) in [6.07, 6.45) is 0. The molecule has 0 radical (unpaired) electrons. The van der Waals surface area contributed by atoms with Crippen molar-refractivity contribution in [2.75, 3.05) is 6.61 Å². The number of aromatic nitrogens is 1. The summed E-state index contributed by atoms with van der Waals surface area (Å²) >= 11 is 6.65. The highest BCUT2D eigenvalue weighted by molar-refractivity contribution is 6.32. The second kappa shape index (κ2) is 15.4. The summed E-state index contributed by atoms with van der Waals surface area (Å²) in [6.45, 7) is 1.62. The molecule has 4 aromatic carbocycles. The van der Waals surface area contributed by atoms with Gasteiger partial charge in [-0.15, -0.1) is 0 Å². The zero-order chi connectivity index (χ0) is 33.3. The fraction of sp³-hybridized carbons (Fsp3) is 0.194. The number of hydrogen-bond acceptors (Lipinski definition) is 9. The largest absolute Gasteiger partial charge is 0.488 e. The van der Waals surface area contributed by atoms with Crippen LogP contribution in [0.4, 0.5) is 0 Å². The van der Waals surface area contributed by atoms with E-state index in [-0.39, 0.29) is 26.4 Å². The van der Waals surface area contributed by atoms with E-state index in [1.54, 1.807) is 36.4 Å². The average Bonchev–Trinajstić information content (AvgIpc) is 3.58. The van der Waals surface area contributed by atoms with Crippen LogP contribution in [0.25, 0.3) is 22.5 Å². The third-order valence-electron chi connectivity index (χ3n) is 7.59. The van der Waals surface area contributed by atoms with E-state index in [9.17, 15) is 25.4 Å². The van der Waals surface area contributed by atoms with Crippen molar-refractivity contribution in [3.05, 3.63) is 123 Å². The summed E-state index contributed by atoms with van der Waals surface area (Å²) < 4.78 is 17.7. The zero-order valence-corrected chi connectivity index (χ0v) is 26.2. The van der Waals surface area contributed by atoms with E-state index in [0.717, 1.165) is 33.4 Å². The summed E-state index contributed by atoms with van der Waals surface area (Å²) in [7, 11) is 0. The first-order valence-electron chi connectivity index (χ1n) is 14.7. The predicted octanol–water partition coefficient (Wildman–Crippen LogP) is 6.03. The molecule has 1 atom stereocenters. The lowest BCUT2D eigenvalue weighted by molar-refractivity contribution is -0.140. The Morgan fingerprint density at radius 3 is 2.47 bits per heavy atom. The van der Waals surface area contributed by atoms with Gasteiger partial charge in [-0.05, 0) is 59.0 Å². The maximum absolute atomic E-state index is 11.4. The van der Waals surface area contributed by atoms with E-state index >= 15 is 0 Å². The lowest BCUT2D eigenvalue weighted by Crippen LogP contribution is -2.39. The predicted molar refractivity (Wildman–Crippen MR) is 175 cm³/mol. The Balaban J connectivity index is 1.38. The van der Waals surface area contributed by atoms with E-state index < -0.39 is 18.6 Å². The standard InChI is InChI=1S/C36H32ClN3O7/c1-22-27(9-4-10-30(22)25-7-3-8-26(12-25)34-14-29(18-41)40-47-34)21-46-35-15-33(45-20-24-6-2-5-23(11-24)16-38)28(13-31(35)37)17-39-32(19-42)36(43)44/h2-15,32,39,41-42H,17-21H2,1H3,(H,43,44)/t32-/m1/s1. The van der Waals surface area contributed by atoms with Crippen molar-refractivity contribution >= 4 is 17.6 Å². The van der Waals surface area contributed by atoms with Gasteiger partial charge in [0.25, 0.3) is 0 Å². The van der Waals surface area contributed by atoms with Crippen molar-refractivity contribution < 1.29 is 34.1 Å². The number of aliphatic hydroxyl groups is 2. The van der Waals surface area contributed by atoms with Crippen LogP contribution in [0.5, 0.6) is 11.5 Å². The normalized spacial score (nSPS) is 11.6. The Labute approximate surface area is 276 Å². The number of halogens is 1. The fourth-order valence-corrected chi connectivity index (χ4v) is 5.23. The molecular formula is C36H32ClN3O7. The molecule has 0 aliphatic rings. The van der Waals surface area contributed by atoms with Crippen molar-refractivity contribution in [2.24, 2.45) is 0 Å². The lowest BCUT2D eigenvalue weighted by Gasteiger charge is -2.18. The highest BCUT2D eigenvalue weighted by Crippen LogP contribution is 2.35. The zero-order valence-electron chi connectivity index (χ0n) is 25.4. The lowest BCUT2D eigenvalue weighted by atomic mass is 9.95. The molecule has 5 aromatic rings. The minimum absolute atomic E-state index is 0.0562. The number of aliphatic hydroxyl groups excluding tert-OH is 2. The van der Waals surface area contributed by atoms with Gasteiger partial charge in [0.05, 0.1) is 29.9 Å². The van der Waals surface area contributed by atoms with Crippen molar-refractivity contribution in [1.29, 1.82) is 5.26 Å². The number of nitrogens with one attached hydrogen (secondary N) is 1. The monoisotopic (exact) mass is 653 g/mol. The van der Waals surface area contributed by atoms with Gasteiger partial charge in [0.2, 0.25) is 0 Å². The van der Waals surface area contributed by atoms with Crippen molar-refractivity contribution in [3.8, 4) is 40.0 Å². The van der Waals surface area contributed by atoms with Crippen molar-refractivity contribution in [3.63, 3.8) is 0 Å². The summed E-state index contributed by atoms with van der Waals surface area (Å²) in [4.78, 5) is 11.4. The molecule has 0 saturated heterocycles. The number of nitriles is 1. The molecule has 0 bridgehead atoms. The van der Waals surface area contributed by atoms with Crippen molar-refractivity contribution in [1.82, 2.24) is 10.5 Å². The summed E-state index contributed by atoms with van der Waals surface area (Å²) in [6, 6.07) is 26.8. The number of carboxylic acids is 1. The number of hydrogen-bond donors (Lipinski definition) is 4. The van der Waals surface area contributed by atoms with Crippen LogP contribution >= 0.6 is 11.6 Å². The maximum Gasteiger partial charge on any atom is 0.323 e. The molecule has 47 heavy (non-hydrogen) atoms. The van der Waals surface area contributed by atoms with Gasteiger partial charge in [0.1, 0.15) is 36.4 Å². The quantitative estimate of drug-likeness (QED) is 0.112. The first-order valence-corrected chi connectivity index (χ1v) is 15.1. The van der Waals surface area contributed by atoms with Gasteiger partial charge >= 0.3 is 5.97 Å². The molecule has 5 rings (SSSR count). The average molecular weight is 654 g/mol. The van der Waals surface area contributed by atoms with Crippen LogP contribution < -0.4 is 14.8 Å². The number of nitrogens with zero attached hydrogens (tertiary/aromatic N) is 2. The minimum Gasteiger partial charge on any atom is -0.488 e. The van der Waals surface area contributed by atoms with Crippen LogP contribution in [0.3, 0.4) is 0 Å². The molecule has 0 fully saturated rings. The Morgan fingerprint density at radius 2 is 1.72 bits per heavy atom. The molecular weight excluding hydrogens is 622 g/mol. The molecule has 0 amide bonds. The van der Waals surface area contributed by atoms with Crippen molar-refractivity contribution in [2.45, 2.75) is 39.3 Å². The minimum atomic E-state index is -1.19. The van der Waals surface area contributed by atoms with Crippen LogP contribution in [0.2, 0.25) is 5.02 Å². The van der Waals surface area contributed by atoms with Crippen LogP contribution in [-0.4, -0.2) is 39.1 Å². The van der Waals surface area contributed by atoms with E-state index in [4.69, 9.17) is 25.6 Å². The second-order valence-corrected chi connectivity index (χ2v) is 11.2. The number of carboxylic acid groups (broad SMARTS) is 1. The van der Waals surface area contributed by atoms with Crippen LogP contribution in [0.15, 0.2) is 89.5 Å². The van der Waals surface area contributed by atoms with E-state index in [1.165, 1.54) is 0 Å². The third-order valence-corrected chi connectivity index (χ3v) is 7.89. The Bertz CT molecular complexity index is 1920. The Hall–Kier alpha value is -5.18. The topological polar surface area (TPSA) is 158 Å². The smallest absolute Gasteiger partial charge is 0.323 e. The maximum atomic E-state index is 11.4. The number of benzene rings is 4. The summed E-state index contributed by atoms with van der Waals surface area (Å²) in [5.41, 5.74) is 7.03. The molecule has 11 heteroatoms. The fourth-order valence-electron chi connectivity index (χ4n) is 4.98. The van der Waals surface area contributed by atoms with E-state index in [0.29, 0.717) is 39.1 Å². The van der Waals surface area contributed by atoms with Gasteiger partial charge in [-0.1, -0.05) is 65.3 Å². The first-order chi connectivity index (χ1) is 22.8. The molecule has 240 valence electrons. The molecule has 4 N–H and O–H groups in total. The highest BCUT2D eigenvalue weighted by Gasteiger charge is 2.19. The second-order valence-electron chi connectivity index (χ2n) is 10.7. The SMILES string of the molecule is Cc1c(COc2cc(OCc3cccc(C#N)c3)c(CN[C@H](CO)C(=O)O)cc2Cl)cccc1-c1cccc(-c2cc(CO)no2)c1. The van der Waals surface area contributed by atoms with Gasteiger partial charge in [-0.2, -0.15) is 5.26 Å². The molecule has 10 nitrogen and oxygen atoms in total. The van der Waals surface area contributed by atoms with Gasteiger partial charge in [0.15, 0.2) is 5.76 Å². The molecule has 1 aromatic heterocycles. The van der Waals surface area contributed by atoms with Crippen LogP contribution in [0, 0.1) is 18.3 Å². The van der Waals surface area contributed by atoms with Crippen LogP contribution in [-0.2, 0) is 31.2 Å². The molecule has 0 aliphatic heterocycles. The molecule has 0 saturated carbocycles. The first kappa shape index (κ1) is 33.2. The van der Waals surface area contributed by atoms with E-state index in [1.807, 2.05) is 55.5 Å². The third kappa shape index (κ3) is 8.16. The molecule has 1 heterocycles. The summed E-state index contributed by atoms with van der Waals surface area (Å²) in [5.74, 6) is 0.143. The molecule has 0 spiro atoms. The number of rotatable bonds is 14. The van der Waals surface area contributed by atoms with Gasteiger partial charge < -0.3 is 29.3 Å². The Kier molecular flexibility index (Phi) is 10.9. The van der Waals surface area contributed by atoms with Gasteiger partial charge in [0, 0.05) is 29.8 Å². The molecule has 0 aliphatic carbocycles. The van der Waals surface area contributed by atoms with E-state index in [2.05, 4.69) is 16.5 Å². The van der Waals surface area contributed by atoms with Gasteiger partial charge in [-0.3, -0.25) is 10.1 Å². The van der Waals surface area contributed by atoms with Crippen LogP contribution in [0.1, 0.15) is 33.5 Å². The highest BCUT2D eigenvalue weighted by atomic mass is 35.5. The number of aliphatic carboxylic acids is 1. The Morgan fingerprint density at radius 1 is 0.957 bits per heavy atom. The summed E-state index contributed by atoms with van der Waals surface area (Å²) in [5, 5.41) is 44.4. The molecule has 0 unspecified atom stereocenters. The van der Waals surface area contributed by atoms with Gasteiger partial charge in [-0.25, -0.2) is 0 Å².